The Morgan fingerprint density at radius 3 is 2.49 bits per heavy atom. The van der Waals surface area contributed by atoms with E-state index >= 15 is 0 Å². The third-order valence-electron chi connectivity index (χ3n) is 9.72. The Bertz CT molecular complexity index is 1370. The van der Waals surface area contributed by atoms with Gasteiger partial charge in [0.05, 0.1) is 18.1 Å². The second-order valence-electron chi connectivity index (χ2n) is 12.8. The number of amides is 2. The summed E-state index contributed by atoms with van der Waals surface area (Å²) in [6.07, 6.45) is 7.33. The van der Waals surface area contributed by atoms with Gasteiger partial charge in [-0.05, 0) is 87.2 Å². The molecule has 3 fully saturated rings. The second kappa shape index (κ2) is 13.9. The third kappa shape index (κ3) is 7.48. The minimum atomic E-state index is -0.853. The maximum atomic E-state index is 14.1. The van der Waals surface area contributed by atoms with Gasteiger partial charge in [0.25, 0.3) is 5.91 Å². The molecule has 3 aliphatic rings. The topological polar surface area (TPSA) is 73.9 Å². The molecule has 2 aromatic carbocycles. The van der Waals surface area contributed by atoms with E-state index in [9.17, 15) is 9.59 Å². The van der Waals surface area contributed by atoms with Gasteiger partial charge in [-0.2, -0.15) is 0 Å². The number of likely N-dealkylation sites (tertiary alicyclic amines) is 1. The van der Waals surface area contributed by atoms with Gasteiger partial charge in [-0.25, -0.2) is 0 Å². The number of thiophene rings is 1. The summed E-state index contributed by atoms with van der Waals surface area (Å²) in [5.41, 5.74) is 1.55. The van der Waals surface area contributed by atoms with Crippen molar-refractivity contribution in [3.8, 4) is 0 Å². The number of hydrogen-bond donors (Lipinski definition) is 2. The number of carbonyl (C=O) groups is 2. The number of rotatable bonds is 10. The maximum Gasteiger partial charge on any atom is 0.262 e. The maximum absolute atomic E-state index is 14.1. The zero-order chi connectivity index (χ0) is 29.6. The molecule has 1 atom stereocenters. The van der Waals surface area contributed by atoms with Crippen molar-refractivity contribution < 1.29 is 14.3 Å². The highest BCUT2D eigenvalue weighted by Gasteiger charge is 2.43. The Hall–Kier alpha value is -2.78. The Morgan fingerprint density at radius 1 is 1.00 bits per heavy atom. The second-order valence-corrected chi connectivity index (χ2v) is 13.8. The number of nitrogens with one attached hydrogen (secondary N) is 2. The molecule has 6 rings (SSSR count). The first-order chi connectivity index (χ1) is 21.0. The van der Waals surface area contributed by atoms with Crippen molar-refractivity contribution in [2.24, 2.45) is 0 Å². The molecule has 230 valence electrons. The van der Waals surface area contributed by atoms with E-state index in [2.05, 4.69) is 69.8 Å². The molecule has 0 spiro atoms. The smallest absolute Gasteiger partial charge is 0.262 e. The lowest BCUT2D eigenvalue weighted by atomic mass is 9.94. The lowest BCUT2D eigenvalue weighted by Crippen LogP contribution is -2.59. The van der Waals surface area contributed by atoms with E-state index in [-0.39, 0.29) is 17.9 Å². The number of piperidine rings is 1. The van der Waals surface area contributed by atoms with Crippen molar-refractivity contribution in [1.82, 2.24) is 20.4 Å². The Labute approximate surface area is 260 Å². The molecule has 0 bridgehead atoms. The molecular weight excluding hydrogens is 556 g/mol. The average Bonchev–Trinajstić information content (AvgIpc) is 3.69. The summed E-state index contributed by atoms with van der Waals surface area (Å²) in [6.45, 7) is 9.04. The van der Waals surface area contributed by atoms with Crippen LogP contribution in [-0.2, 0) is 16.0 Å². The van der Waals surface area contributed by atoms with Crippen LogP contribution < -0.4 is 10.6 Å². The van der Waals surface area contributed by atoms with Gasteiger partial charge in [-0.15, -0.1) is 11.3 Å². The molecule has 0 unspecified atom stereocenters. The highest BCUT2D eigenvalue weighted by molar-refractivity contribution is 7.20. The Morgan fingerprint density at radius 2 is 1.74 bits per heavy atom. The van der Waals surface area contributed by atoms with E-state index in [0.717, 1.165) is 81.7 Å². The molecule has 2 saturated heterocycles. The van der Waals surface area contributed by atoms with Crippen molar-refractivity contribution in [2.45, 2.75) is 75.9 Å². The molecule has 3 heterocycles. The molecule has 1 aliphatic carbocycles. The predicted molar refractivity (Wildman–Crippen MR) is 174 cm³/mol. The fourth-order valence-electron chi connectivity index (χ4n) is 7.15. The fraction of sp³-hybridized carbons (Fsp3) is 0.543. The van der Waals surface area contributed by atoms with E-state index in [4.69, 9.17) is 4.74 Å². The number of ether oxygens (including phenoxy) is 1. The standard InChI is InChI=1S/C35H46N4O3S/c1-26-9-10-28-25-32(43-31(28)23-26)33(40)37-35(14-5-6-15-35)34(41)36-29(24-27-7-3-2-4-8-27)11-16-38-17-12-30(13-18-38)39-19-21-42-22-20-39/h2-4,7-10,23,25,29-30H,5-6,11-22,24H2,1H3,(H,36,41)(H,37,40)/t29-/m0/s1. The minimum absolute atomic E-state index is 0.00791. The van der Waals surface area contributed by atoms with Crippen LogP contribution in [0.25, 0.3) is 10.1 Å². The van der Waals surface area contributed by atoms with Gasteiger partial charge in [0.15, 0.2) is 0 Å². The van der Waals surface area contributed by atoms with Crippen molar-refractivity contribution in [2.75, 3.05) is 45.9 Å². The zero-order valence-electron chi connectivity index (χ0n) is 25.5. The lowest BCUT2D eigenvalue weighted by molar-refractivity contribution is -0.128. The minimum Gasteiger partial charge on any atom is -0.379 e. The van der Waals surface area contributed by atoms with Gasteiger partial charge in [0.2, 0.25) is 5.91 Å². The highest BCUT2D eigenvalue weighted by Crippen LogP contribution is 2.32. The van der Waals surface area contributed by atoms with E-state index in [1.54, 1.807) is 0 Å². The summed E-state index contributed by atoms with van der Waals surface area (Å²) in [5.74, 6) is -0.166. The first-order valence-electron chi connectivity index (χ1n) is 16.2. The summed E-state index contributed by atoms with van der Waals surface area (Å²) in [6, 6.07) is 19.3. The van der Waals surface area contributed by atoms with E-state index < -0.39 is 5.54 Å². The Balaban J connectivity index is 1.10. The Kier molecular flexibility index (Phi) is 9.77. The van der Waals surface area contributed by atoms with Gasteiger partial charge in [0.1, 0.15) is 5.54 Å². The number of hydrogen-bond acceptors (Lipinski definition) is 6. The number of morpholine rings is 1. The lowest BCUT2D eigenvalue weighted by Gasteiger charge is -2.40. The van der Waals surface area contributed by atoms with Crippen molar-refractivity contribution in [3.05, 3.63) is 70.6 Å². The monoisotopic (exact) mass is 602 g/mol. The third-order valence-corrected chi connectivity index (χ3v) is 10.8. The zero-order valence-corrected chi connectivity index (χ0v) is 26.3. The van der Waals surface area contributed by atoms with E-state index in [1.165, 1.54) is 35.3 Å². The molecule has 7 nitrogen and oxygen atoms in total. The highest BCUT2D eigenvalue weighted by atomic mass is 32.1. The van der Waals surface area contributed by atoms with Gasteiger partial charge in [-0.1, -0.05) is 55.3 Å². The van der Waals surface area contributed by atoms with E-state index in [1.807, 2.05) is 12.1 Å². The summed E-state index contributed by atoms with van der Waals surface area (Å²) in [7, 11) is 0. The van der Waals surface area contributed by atoms with Crippen molar-refractivity contribution >= 4 is 33.2 Å². The van der Waals surface area contributed by atoms with Gasteiger partial charge in [0, 0.05) is 36.4 Å². The van der Waals surface area contributed by atoms with Crippen LogP contribution in [0.4, 0.5) is 0 Å². The SMILES string of the molecule is Cc1ccc2cc(C(=O)NC3(C(=O)N[C@@H](CCN4CCC(N5CCOCC5)CC4)Cc4ccccc4)CCCC3)sc2c1. The van der Waals surface area contributed by atoms with Crippen LogP contribution >= 0.6 is 11.3 Å². The molecular formula is C35H46N4O3S. The molecule has 43 heavy (non-hydrogen) atoms. The van der Waals surface area contributed by atoms with Crippen LogP contribution in [0.2, 0.25) is 0 Å². The summed E-state index contributed by atoms with van der Waals surface area (Å²) >= 11 is 1.50. The van der Waals surface area contributed by atoms with Crippen LogP contribution in [0.3, 0.4) is 0 Å². The summed E-state index contributed by atoms with van der Waals surface area (Å²) in [4.78, 5) is 33.4. The van der Waals surface area contributed by atoms with Gasteiger partial charge in [-0.3, -0.25) is 14.5 Å². The molecule has 8 heteroatoms. The molecule has 1 saturated carbocycles. The molecule has 2 aliphatic heterocycles. The summed E-state index contributed by atoms with van der Waals surface area (Å²) in [5, 5.41) is 7.74. The number of carbonyl (C=O) groups excluding carboxylic acids is 2. The molecule has 3 aromatic rings. The quantitative estimate of drug-likeness (QED) is 0.335. The number of fused-ring (bicyclic) bond motifs is 1. The number of nitrogens with zero attached hydrogens (tertiary/aromatic N) is 2. The van der Waals surface area contributed by atoms with Crippen molar-refractivity contribution in [3.63, 3.8) is 0 Å². The normalized spacial score (nSPS) is 20.7. The average molecular weight is 603 g/mol. The van der Waals surface area contributed by atoms with Gasteiger partial charge >= 0.3 is 0 Å². The molecule has 1 aromatic heterocycles. The van der Waals surface area contributed by atoms with Crippen LogP contribution in [0.1, 0.15) is 65.7 Å². The first kappa shape index (κ1) is 30.3. The molecule has 2 N–H and O–H groups in total. The van der Waals surface area contributed by atoms with Crippen molar-refractivity contribution in [1.29, 1.82) is 0 Å². The molecule has 0 radical (unpaired) electrons. The fourth-order valence-corrected chi connectivity index (χ4v) is 8.21. The van der Waals surface area contributed by atoms with E-state index in [0.29, 0.717) is 23.8 Å². The molecule has 2 amide bonds. The van der Waals surface area contributed by atoms with Crippen LogP contribution in [-0.4, -0.2) is 85.2 Å². The van der Waals surface area contributed by atoms with Gasteiger partial charge < -0.3 is 20.3 Å². The van der Waals surface area contributed by atoms with Crippen LogP contribution in [0.5, 0.6) is 0 Å². The summed E-state index contributed by atoms with van der Waals surface area (Å²) < 4.78 is 6.66. The predicted octanol–water partition coefficient (Wildman–Crippen LogP) is 5.17. The van der Waals surface area contributed by atoms with Crippen LogP contribution in [0.15, 0.2) is 54.6 Å². The largest absolute Gasteiger partial charge is 0.379 e. The van der Waals surface area contributed by atoms with Crippen LogP contribution in [0, 0.1) is 6.92 Å². The number of aryl methyl sites for hydroxylation is 1. The number of benzene rings is 2. The first-order valence-corrected chi connectivity index (χ1v) is 17.0.